The van der Waals surface area contributed by atoms with Crippen molar-refractivity contribution in [3.8, 4) is 6.07 Å². The van der Waals surface area contributed by atoms with Crippen LogP contribution in [0.2, 0.25) is 0 Å². The predicted octanol–water partition coefficient (Wildman–Crippen LogP) is 3.42. The molecule has 1 rings (SSSR count). The molecule has 0 unspecified atom stereocenters. The molecule has 2 nitrogen and oxygen atoms in total. The third-order valence-corrected chi connectivity index (χ3v) is 3.17. The maximum Gasteiger partial charge on any atom is 0.102 e. The minimum Gasteiger partial charge on any atom is -0.384 e. The number of anilines is 1. The number of hydrogen-bond donors (Lipinski definition) is 1. The molecule has 1 aromatic rings. The van der Waals surface area contributed by atoms with Gasteiger partial charge in [-0.15, -0.1) is 0 Å². The highest BCUT2D eigenvalue weighted by Crippen LogP contribution is 2.18. The molecule has 1 aromatic carbocycles. The van der Waals surface area contributed by atoms with Crippen LogP contribution >= 0.6 is 11.8 Å². The SMILES string of the molecule is CSCCCCNc1cccc(C)c1C#N. The first kappa shape index (κ1) is 12.9. The Hall–Kier alpha value is -1.14. The van der Waals surface area contributed by atoms with E-state index in [2.05, 4.69) is 17.6 Å². The lowest BCUT2D eigenvalue weighted by molar-refractivity contribution is 0.843. The van der Waals surface area contributed by atoms with Gasteiger partial charge in [-0.25, -0.2) is 0 Å². The van der Waals surface area contributed by atoms with Crippen LogP contribution in [0.4, 0.5) is 5.69 Å². The van der Waals surface area contributed by atoms with Crippen LogP contribution in [0, 0.1) is 18.3 Å². The van der Waals surface area contributed by atoms with Gasteiger partial charge in [0.1, 0.15) is 6.07 Å². The lowest BCUT2D eigenvalue weighted by Gasteiger charge is -2.09. The summed E-state index contributed by atoms with van der Waals surface area (Å²) in [6, 6.07) is 8.18. The number of hydrogen-bond acceptors (Lipinski definition) is 3. The number of nitriles is 1. The highest BCUT2D eigenvalue weighted by Gasteiger charge is 2.03. The normalized spacial score (nSPS) is 9.81. The van der Waals surface area contributed by atoms with Crippen molar-refractivity contribution in [1.82, 2.24) is 0 Å². The molecule has 0 aromatic heterocycles. The molecule has 0 saturated carbocycles. The predicted molar refractivity (Wildman–Crippen MR) is 72.0 cm³/mol. The number of nitrogens with zero attached hydrogens (tertiary/aromatic N) is 1. The highest BCUT2D eigenvalue weighted by molar-refractivity contribution is 7.98. The number of nitrogens with one attached hydrogen (secondary N) is 1. The van der Waals surface area contributed by atoms with Crippen molar-refractivity contribution in [2.24, 2.45) is 0 Å². The molecule has 3 heteroatoms. The van der Waals surface area contributed by atoms with E-state index in [1.165, 1.54) is 12.2 Å². The number of unbranched alkanes of at least 4 members (excludes halogenated alkanes) is 1. The van der Waals surface area contributed by atoms with E-state index in [0.717, 1.165) is 29.8 Å². The molecule has 0 aliphatic carbocycles. The highest BCUT2D eigenvalue weighted by atomic mass is 32.2. The summed E-state index contributed by atoms with van der Waals surface area (Å²) in [4.78, 5) is 0. The molecule has 86 valence electrons. The fourth-order valence-corrected chi connectivity index (χ4v) is 2.05. The van der Waals surface area contributed by atoms with Gasteiger partial charge >= 0.3 is 0 Å². The maximum atomic E-state index is 9.05. The summed E-state index contributed by atoms with van der Waals surface area (Å²) in [5, 5.41) is 12.4. The average molecular weight is 234 g/mol. The first-order chi connectivity index (χ1) is 7.79. The Kier molecular flexibility index (Phi) is 5.81. The van der Waals surface area contributed by atoms with Gasteiger partial charge in [0.25, 0.3) is 0 Å². The molecule has 0 aliphatic rings. The van der Waals surface area contributed by atoms with Gasteiger partial charge in [0.2, 0.25) is 0 Å². The number of benzene rings is 1. The zero-order valence-corrected chi connectivity index (χ0v) is 10.7. The number of aryl methyl sites for hydroxylation is 1. The van der Waals surface area contributed by atoms with Gasteiger partial charge in [-0.05, 0) is 43.4 Å². The zero-order valence-electron chi connectivity index (χ0n) is 9.92. The second kappa shape index (κ2) is 7.19. The Morgan fingerprint density at radius 2 is 2.19 bits per heavy atom. The smallest absolute Gasteiger partial charge is 0.102 e. The molecule has 16 heavy (non-hydrogen) atoms. The summed E-state index contributed by atoms with van der Waals surface area (Å²) in [6.07, 6.45) is 4.50. The van der Waals surface area contributed by atoms with Crippen LogP contribution in [-0.4, -0.2) is 18.6 Å². The third kappa shape index (κ3) is 3.79. The Bertz CT molecular complexity index is 369. The van der Waals surface area contributed by atoms with Crippen molar-refractivity contribution in [2.75, 3.05) is 23.9 Å². The van der Waals surface area contributed by atoms with Crippen LogP contribution in [0.25, 0.3) is 0 Å². The summed E-state index contributed by atoms with van der Waals surface area (Å²) >= 11 is 1.88. The first-order valence-corrected chi connectivity index (χ1v) is 6.91. The van der Waals surface area contributed by atoms with E-state index in [1.807, 2.05) is 36.9 Å². The van der Waals surface area contributed by atoms with Crippen LogP contribution in [0.3, 0.4) is 0 Å². The molecular weight excluding hydrogens is 216 g/mol. The van der Waals surface area contributed by atoms with Crippen molar-refractivity contribution in [3.63, 3.8) is 0 Å². The lowest BCUT2D eigenvalue weighted by atomic mass is 10.1. The van der Waals surface area contributed by atoms with E-state index < -0.39 is 0 Å². The number of rotatable bonds is 6. The Balaban J connectivity index is 2.48. The summed E-state index contributed by atoms with van der Waals surface area (Å²) in [5.74, 6) is 1.21. The van der Waals surface area contributed by atoms with E-state index in [0.29, 0.717) is 0 Å². The molecule has 0 fully saturated rings. The van der Waals surface area contributed by atoms with E-state index in [4.69, 9.17) is 5.26 Å². The monoisotopic (exact) mass is 234 g/mol. The van der Waals surface area contributed by atoms with Crippen molar-refractivity contribution >= 4 is 17.4 Å². The van der Waals surface area contributed by atoms with Crippen LogP contribution in [0.15, 0.2) is 18.2 Å². The summed E-state index contributed by atoms with van der Waals surface area (Å²) in [5.41, 5.74) is 2.77. The summed E-state index contributed by atoms with van der Waals surface area (Å²) in [6.45, 7) is 2.91. The molecule has 0 heterocycles. The first-order valence-electron chi connectivity index (χ1n) is 5.52. The van der Waals surface area contributed by atoms with Crippen molar-refractivity contribution in [3.05, 3.63) is 29.3 Å². The maximum absolute atomic E-state index is 9.05. The van der Waals surface area contributed by atoms with Gasteiger partial charge in [0, 0.05) is 6.54 Å². The van der Waals surface area contributed by atoms with E-state index >= 15 is 0 Å². The quantitative estimate of drug-likeness (QED) is 0.766. The Morgan fingerprint density at radius 3 is 2.88 bits per heavy atom. The van der Waals surface area contributed by atoms with Gasteiger partial charge < -0.3 is 5.32 Å². The second-order valence-corrected chi connectivity index (χ2v) is 4.72. The van der Waals surface area contributed by atoms with Gasteiger partial charge in [0.05, 0.1) is 11.3 Å². The van der Waals surface area contributed by atoms with Crippen LogP contribution in [0.5, 0.6) is 0 Å². The van der Waals surface area contributed by atoms with Crippen LogP contribution < -0.4 is 5.32 Å². The van der Waals surface area contributed by atoms with E-state index in [9.17, 15) is 0 Å². The van der Waals surface area contributed by atoms with Crippen molar-refractivity contribution < 1.29 is 0 Å². The molecule has 0 amide bonds. The minimum atomic E-state index is 0.771. The van der Waals surface area contributed by atoms with Crippen molar-refractivity contribution in [2.45, 2.75) is 19.8 Å². The number of thioether (sulfide) groups is 1. The van der Waals surface area contributed by atoms with Gasteiger partial charge in [-0.2, -0.15) is 17.0 Å². The third-order valence-electron chi connectivity index (χ3n) is 2.48. The van der Waals surface area contributed by atoms with Crippen LogP contribution in [-0.2, 0) is 0 Å². The summed E-state index contributed by atoms with van der Waals surface area (Å²) < 4.78 is 0. The largest absolute Gasteiger partial charge is 0.384 e. The molecule has 0 saturated heterocycles. The zero-order chi connectivity index (χ0) is 11.8. The van der Waals surface area contributed by atoms with E-state index in [-0.39, 0.29) is 0 Å². The standard InChI is InChI=1S/C13H18N2S/c1-11-6-5-7-13(12(11)10-14)15-8-3-4-9-16-2/h5-7,15H,3-4,8-9H2,1-2H3. The molecular formula is C13H18N2S. The topological polar surface area (TPSA) is 35.8 Å². The fraction of sp³-hybridized carbons (Fsp3) is 0.462. The Morgan fingerprint density at radius 1 is 1.38 bits per heavy atom. The average Bonchev–Trinajstić information content (AvgIpc) is 2.29. The molecule has 0 aliphatic heterocycles. The molecule has 1 N–H and O–H groups in total. The van der Waals surface area contributed by atoms with E-state index in [1.54, 1.807) is 0 Å². The molecule has 0 spiro atoms. The molecule has 0 atom stereocenters. The summed E-state index contributed by atoms with van der Waals surface area (Å²) in [7, 11) is 0. The fourth-order valence-electron chi connectivity index (χ4n) is 1.56. The minimum absolute atomic E-state index is 0.771. The van der Waals surface area contributed by atoms with Crippen molar-refractivity contribution in [1.29, 1.82) is 5.26 Å². The van der Waals surface area contributed by atoms with Gasteiger partial charge in [-0.3, -0.25) is 0 Å². The molecule has 0 radical (unpaired) electrons. The second-order valence-electron chi connectivity index (χ2n) is 3.74. The van der Waals surface area contributed by atoms with Gasteiger partial charge in [0.15, 0.2) is 0 Å². The lowest BCUT2D eigenvalue weighted by Crippen LogP contribution is -2.04. The van der Waals surface area contributed by atoms with Gasteiger partial charge in [-0.1, -0.05) is 12.1 Å². The van der Waals surface area contributed by atoms with Crippen LogP contribution in [0.1, 0.15) is 24.0 Å². The molecule has 0 bridgehead atoms. The Labute approximate surface area is 102 Å².